The molecule has 0 radical (unpaired) electrons. The summed E-state index contributed by atoms with van der Waals surface area (Å²) in [6.07, 6.45) is 5.70. The van der Waals surface area contributed by atoms with Crippen LogP contribution in [0.1, 0.15) is 25.7 Å². The summed E-state index contributed by atoms with van der Waals surface area (Å²) in [4.78, 5) is 5.31. The molecule has 1 atom stereocenters. The molecule has 0 aromatic rings. The number of hydrogen-bond acceptors (Lipinski definition) is 2. The van der Waals surface area contributed by atoms with E-state index in [1.165, 1.54) is 58.4 Å². The Morgan fingerprint density at radius 2 is 1.86 bits per heavy atom. The van der Waals surface area contributed by atoms with E-state index in [0.29, 0.717) is 0 Å². The number of hydrogen-bond donors (Lipinski definition) is 0. The van der Waals surface area contributed by atoms with Crippen molar-refractivity contribution in [2.75, 3.05) is 38.1 Å². The number of nitrogens with zero attached hydrogens (tertiary/aromatic N) is 2. The van der Waals surface area contributed by atoms with E-state index in [-0.39, 0.29) is 0 Å². The van der Waals surface area contributed by atoms with E-state index in [2.05, 4.69) is 25.7 Å². The molecule has 0 amide bonds. The number of halogens is 1. The summed E-state index contributed by atoms with van der Waals surface area (Å²) in [6, 6.07) is 0.870. The molecule has 2 rings (SSSR count). The van der Waals surface area contributed by atoms with Crippen molar-refractivity contribution in [1.29, 1.82) is 0 Å². The van der Waals surface area contributed by atoms with Gasteiger partial charge in [0.1, 0.15) is 0 Å². The van der Waals surface area contributed by atoms with Crippen molar-refractivity contribution in [2.45, 2.75) is 31.7 Å². The third-order valence-electron chi connectivity index (χ3n) is 3.56. The molecule has 0 aliphatic carbocycles. The van der Waals surface area contributed by atoms with Gasteiger partial charge in [-0.25, -0.2) is 0 Å². The van der Waals surface area contributed by atoms with Crippen molar-refractivity contribution in [3.63, 3.8) is 0 Å². The average molecular weight is 261 g/mol. The molecule has 1 unspecified atom stereocenters. The molecule has 0 saturated carbocycles. The van der Waals surface area contributed by atoms with Crippen LogP contribution in [0.4, 0.5) is 0 Å². The Morgan fingerprint density at radius 1 is 1.07 bits per heavy atom. The van der Waals surface area contributed by atoms with Crippen LogP contribution in [-0.2, 0) is 0 Å². The quantitative estimate of drug-likeness (QED) is 0.716. The lowest BCUT2D eigenvalue weighted by Crippen LogP contribution is -2.41. The van der Waals surface area contributed by atoms with E-state index in [1.807, 2.05) is 0 Å². The lowest BCUT2D eigenvalue weighted by atomic mass is 10.1. The molecule has 2 aliphatic rings. The van der Waals surface area contributed by atoms with Crippen molar-refractivity contribution in [1.82, 2.24) is 9.80 Å². The third kappa shape index (κ3) is 2.71. The minimum absolute atomic E-state index is 0.870. The second kappa shape index (κ2) is 5.47. The van der Waals surface area contributed by atoms with Gasteiger partial charge in [0.2, 0.25) is 0 Å². The fourth-order valence-electron chi connectivity index (χ4n) is 2.72. The molecule has 0 spiro atoms. The smallest absolute Gasteiger partial charge is 0.0235 e. The van der Waals surface area contributed by atoms with Crippen LogP contribution in [0.2, 0.25) is 0 Å². The number of likely N-dealkylation sites (tertiary alicyclic amines) is 2. The molecule has 2 fully saturated rings. The Hall–Kier alpha value is 0.400. The molecular weight excluding hydrogens is 240 g/mol. The van der Waals surface area contributed by atoms with Gasteiger partial charge in [0.05, 0.1) is 0 Å². The van der Waals surface area contributed by atoms with E-state index in [1.54, 1.807) is 0 Å². The SMILES string of the molecule is BrCCN1CCC(N2CCCCC2)C1. The van der Waals surface area contributed by atoms with Gasteiger partial charge in [-0.1, -0.05) is 22.4 Å². The summed E-state index contributed by atoms with van der Waals surface area (Å²) in [5, 5.41) is 1.12. The highest BCUT2D eigenvalue weighted by Gasteiger charge is 2.27. The number of piperidine rings is 1. The van der Waals surface area contributed by atoms with E-state index in [0.717, 1.165) is 11.4 Å². The molecule has 2 nitrogen and oxygen atoms in total. The summed E-state index contributed by atoms with van der Waals surface area (Å²) < 4.78 is 0. The van der Waals surface area contributed by atoms with E-state index in [9.17, 15) is 0 Å². The standard InChI is InChI=1S/C11H21BrN2/c12-5-9-13-8-4-11(10-13)14-6-2-1-3-7-14/h11H,1-10H2. The molecule has 2 aliphatic heterocycles. The molecule has 0 aromatic carbocycles. The summed E-state index contributed by atoms with van der Waals surface area (Å²) in [5.74, 6) is 0. The summed E-state index contributed by atoms with van der Waals surface area (Å²) in [6.45, 7) is 6.56. The van der Waals surface area contributed by atoms with Gasteiger partial charge < -0.3 is 4.90 Å². The van der Waals surface area contributed by atoms with Gasteiger partial charge in [0.25, 0.3) is 0 Å². The second-order valence-corrected chi connectivity index (χ2v) is 5.32. The van der Waals surface area contributed by atoms with Crippen LogP contribution in [0.25, 0.3) is 0 Å². The van der Waals surface area contributed by atoms with Gasteiger partial charge in [-0.3, -0.25) is 4.90 Å². The number of rotatable bonds is 3. The van der Waals surface area contributed by atoms with Crippen molar-refractivity contribution in [3.8, 4) is 0 Å². The average Bonchev–Trinajstić information content (AvgIpc) is 2.68. The van der Waals surface area contributed by atoms with Crippen LogP contribution in [-0.4, -0.2) is 53.9 Å². The minimum atomic E-state index is 0.870. The molecule has 82 valence electrons. The zero-order valence-electron chi connectivity index (χ0n) is 8.92. The molecule has 14 heavy (non-hydrogen) atoms. The van der Waals surface area contributed by atoms with E-state index >= 15 is 0 Å². The van der Waals surface area contributed by atoms with Crippen molar-refractivity contribution >= 4 is 15.9 Å². The molecule has 2 saturated heterocycles. The zero-order chi connectivity index (χ0) is 9.80. The van der Waals surface area contributed by atoms with Crippen LogP contribution in [0, 0.1) is 0 Å². The van der Waals surface area contributed by atoms with Crippen molar-refractivity contribution in [3.05, 3.63) is 0 Å². The maximum Gasteiger partial charge on any atom is 0.0235 e. The topological polar surface area (TPSA) is 6.48 Å². The van der Waals surface area contributed by atoms with Crippen LogP contribution in [0.5, 0.6) is 0 Å². The lowest BCUT2D eigenvalue weighted by molar-refractivity contribution is 0.163. The van der Waals surface area contributed by atoms with Gasteiger partial charge in [0.15, 0.2) is 0 Å². The lowest BCUT2D eigenvalue weighted by Gasteiger charge is -2.32. The first-order valence-corrected chi connectivity index (χ1v) is 7.04. The molecule has 0 N–H and O–H groups in total. The van der Waals surface area contributed by atoms with Gasteiger partial charge in [-0.2, -0.15) is 0 Å². The van der Waals surface area contributed by atoms with Gasteiger partial charge in [-0.15, -0.1) is 0 Å². The Morgan fingerprint density at radius 3 is 2.57 bits per heavy atom. The Bertz CT molecular complexity index is 169. The van der Waals surface area contributed by atoms with Gasteiger partial charge in [-0.05, 0) is 38.9 Å². The zero-order valence-corrected chi connectivity index (χ0v) is 10.5. The Kier molecular flexibility index (Phi) is 4.26. The highest BCUT2D eigenvalue weighted by molar-refractivity contribution is 9.09. The highest BCUT2D eigenvalue weighted by Crippen LogP contribution is 2.19. The third-order valence-corrected chi connectivity index (χ3v) is 3.91. The minimum Gasteiger partial charge on any atom is -0.301 e. The predicted molar refractivity (Wildman–Crippen MR) is 64.1 cm³/mol. The van der Waals surface area contributed by atoms with Crippen LogP contribution in [0.3, 0.4) is 0 Å². The Balaban J connectivity index is 1.76. The first-order chi connectivity index (χ1) is 6.90. The highest BCUT2D eigenvalue weighted by atomic mass is 79.9. The maximum absolute atomic E-state index is 3.52. The monoisotopic (exact) mass is 260 g/mol. The second-order valence-electron chi connectivity index (χ2n) is 4.53. The van der Waals surface area contributed by atoms with Crippen molar-refractivity contribution in [2.24, 2.45) is 0 Å². The largest absolute Gasteiger partial charge is 0.301 e. The maximum atomic E-state index is 3.52. The van der Waals surface area contributed by atoms with Gasteiger partial charge in [0, 0.05) is 24.5 Å². The van der Waals surface area contributed by atoms with E-state index < -0.39 is 0 Å². The van der Waals surface area contributed by atoms with Gasteiger partial charge >= 0.3 is 0 Å². The molecule has 0 aromatic heterocycles. The first kappa shape index (κ1) is 10.9. The molecule has 3 heteroatoms. The predicted octanol–water partition coefficient (Wildman–Crippen LogP) is 1.94. The van der Waals surface area contributed by atoms with Crippen molar-refractivity contribution < 1.29 is 0 Å². The number of alkyl halides is 1. The molecular formula is C11H21BrN2. The summed E-state index contributed by atoms with van der Waals surface area (Å²) in [7, 11) is 0. The van der Waals surface area contributed by atoms with Crippen LogP contribution < -0.4 is 0 Å². The molecule has 0 bridgehead atoms. The summed E-state index contributed by atoms with van der Waals surface area (Å²) in [5.41, 5.74) is 0. The van der Waals surface area contributed by atoms with Crippen LogP contribution >= 0.6 is 15.9 Å². The normalized spacial score (nSPS) is 31.1. The van der Waals surface area contributed by atoms with Crippen LogP contribution in [0.15, 0.2) is 0 Å². The fraction of sp³-hybridized carbons (Fsp3) is 1.00. The summed E-state index contributed by atoms with van der Waals surface area (Å²) >= 11 is 3.52. The fourth-order valence-corrected chi connectivity index (χ4v) is 3.22. The Labute approximate surface area is 95.8 Å². The van der Waals surface area contributed by atoms with E-state index in [4.69, 9.17) is 0 Å². The first-order valence-electron chi connectivity index (χ1n) is 5.92. The molecule has 2 heterocycles.